The van der Waals surface area contributed by atoms with Gasteiger partial charge in [0.05, 0.1) is 18.9 Å². The predicted octanol–water partition coefficient (Wildman–Crippen LogP) is 2.52. The fourth-order valence-corrected chi connectivity index (χ4v) is 4.36. The van der Waals surface area contributed by atoms with Gasteiger partial charge in [0.1, 0.15) is 5.75 Å². The molecule has 0 saturated heterocycles. The summed E-state index contributed by atoms with van der Waals surface area (Å²) in [5.74, 6) is 0.799. The smallest absolute Gasteiger partial charge is 0.211 e. The van der Waals surface area contributed by atoms with E-state index in [2.05, 4.69) is 4.72 Å². The summed E-state index contributed by atoms with van der Waals surface area (Å²) in [6.07, 6.45) is 0.457. The van der Waals surface area contributed by atoms with Crippen molar-refractivity contribution in [2.45, 2.75) is 12.5 Å². The fraction of sp³-hybridized carbons (Fsp3) is 0.412. The van der Waals surface area contributed by atoms with Crippen molar-refractivity contribution in [1.82, 2.24) is 9.62 Å². The molecule has 1 aromatic heterocycles. The van der Waals surface area contributed by atoms with Crippen LogP contribution in [-0.4, -0.2) is 46.8 Å². The second-order valence-corrected chi connectivity index (χ2v) is 8.67. The second-order valence-electron chi connectivity index (χ2n) is 5.76. The van der Waals surface area contributed by atoms with Crippen molar-refractivity contribution in [3.8, 4) is 5.75 Å². The number of thiophene rings is 1. The van der Waals surface area contributed by atoms with E-state index in [1.54, 1.807) is 18.4 Å². The second kappa shape index (κ2) is 8.62. The molecule has 7 heteroatoms. The minimum atomic E-state index is -3.33. The first-order chi connectivity index (χ1) is 11.4. The van der Waals surface area contributed by atoms with Crippen LogP contribution in [0.1, 0.15) is 16.5 Å². The van der Waals surface area contributed by atoms with Gasteiger partial charge in [-0.15, -0.1) is 11.3 Å². The van der Waals surface area contributed by atoms with Gasteiger partial charge in [-0.2, -0.15) is 0 Å². The maximum Gasteiger partial charge on any atom is 0.211 e. The Kier molecular flexibility index (Phi) is 6.79. The van der Waals surface area contributed by atoms with Crippen molar-refractivity contribution in [3.05, 3.63) is 52.2 Å². The maximum absolute atomic E-state index is 12.3. The molecule has 0 aliphatic heterocycles. The average Bonchev–Trinajstić information content (AvgIpc) is 3.07. The highest BCUT2D eigenvalue weighted by atomic mass is 32.2. The summed E-state index contributed by atoms with van der Waals surface area (Å²) in [5, 5.41) is 2.00. The molecule has 132 valence electrons. The molecule has 0 bridgehead atoms. The first-order valence-electron chi connectivity index (χ1n) is 7.71. The number of ether oxygens (including phenoxy) is 1. The van der Waals surface area contributed by atoms with Crippen LogP contribution in [0.2, 0.25) is 0 Å². The number of likely N-dealkylation sites (N-methyl/N-ethyl adjacent to an activating group) is 1. The molecule has 5 nitrogen and oxygen atoms in total. The quantitative estimate of drug-likeness (QED) is 0.739. The largest absolute Gasteiger partial charge is 0.497 e. The fourth-order valence-electron chi connectivity index (χ4n) is 2.38. The van der Waals surface area contributed by atoms with Gasteiger partial charge in [0.15, 0.2) is 0 Å². The van der Waals surface area contributed by atoms with Crippen LogP contribution in [-0.2, 0) is 16.4 Å². The van der Waals surface area contributed by atoms with E-state index < -0.39 is 10.0 Å². The van der Waals surface area contributed by atoms with E-state index in [4.69, 9.17) is 4.74 Å². The van der Waals surface area contributed by atoms with Gasteiger partial charge in [-0.05, 0) is 49.7 Å². The molecule has 0 spiro atoms. The van der Waals surface area contributed by atoms with Crippen LogP contribution in [0.15, 0.2) is 41.8 Å². The predicted molar refractivity (Wildman–Crippen MR) is 99.2 cm³/mol. The molecule has 2 rings (SSSR count). The molecule has 1 atom stereocenters. The molecule has 0 radical (unpaired) electrons. The molecule has 2 aromatic rings. The highest BCUT2D eigenvalue weighted by Crippen LogP contribution is 2.22. The lowest BCUT2D eigenvalue weighted by atomic mass is 10.2. The minimum absolute atomic E-state index is 0.0385. The van der Waals surface area contributed by atoms with Gasteiger partial charge in [-0.1, -0.05) is 18.2 Å². The lowest BCUT2D eigenvalue weighted by Gasteiger charge is -2.23. The van der Waals surface area contributed by atoms with E-state index in [0.717, 1.165) is 16.2 Å². The van der Waals surface area contributed by atoms with Crippen LogP contribution in [0.25, 0.3) is 0 Å². The number of benzene rings is 1. The standard InChI is InChI=1S/C17H24N2O3S2/c1-19(2)16(17-8-5-10-23-17)13-18-24(20,21)11-9-14-6-4-7-15(12-14)22-3/h4-8,10,12,16,18H,9,11,13H2,1-3H3. The Morgan fingerprint density at radius 2 is 2.04 bits per heavy atom. The summed E-state index contributed by atoms with van der Waals surface area (Å²) in [6.45, 7) is 0.369. The Morgan fingerprint density at radius 3 is 2.67 bits per heavy atom. The van der Waals surface area contributed by atoms with Crippen molar-refractivity contribution in [1.29, 1.82) is 0 Å². The summed E-state index contributed by atoms with van der Waals surface area (Å²) in [5.41, 5.74) is 0.946. The van der Waals surface area contributed by atoms with E-state index in [9.17, 15) is 8.42 Å². The lowest BCUT2D eigenvalue weighted by molar-refractivity contribution is 0.303. The van der Waals surface area contributed by atoms with Crippen molar-refractivity contribution in [2.24, 2.45) is 0 Å². The zero-order valence-electron chi connectivity index (χ0n) is 14.2. The summed E-state index contributed by atoms with van der Waals surface area (Å²) in [4.78, 5) is 3.17. The topological polar surface area (TPSA) is 58.6 Å². The van der Waals surface area contributed by atoms with Gasteiger partial charge in [0, 0.05) is 11.4 Å². The number of rotatable bonds is 9. The van der Waals surface area contributed by atoms with Crippen molar-refractivity contribution in [2.75, 3.05) is 33.5 Å². The number of sulfonamides is 1. The summed E-state index contributed by atoms with van der Waals surface area (Å²) in [7, 11) is 2.18. The van der Waals surface area contributed by atoms with Crippen LogP contribution in [0.4, 0.5) is 0 Å². The van der Waals surface area contributed by atoms with E-state index in [-0.39, 0.29) is 11.8 Å². The molecule has 0 aliphatic carbocycles. The van der Waals surface area contributed by atoms with Gasteiger partial charge in [0.25, 0.3) is 0 Å². The van der Waals surface area contributed by atoms with Gasteiger partial charge in [-0.25, -0.2) is 13.1 Å². The van der Waals surface area contributed by atoms with Gasteiger partial charge < -0.3 is 9.64 Å². The van der Waals surface area contributed by atoms with Crippen LogP contribution in [0.5, 0.6) is 5.75 Å². The van der Waals surface area contributed by atoms with Crippen LogP contribution in [0.3, 0.4) is 0 Å². The monoisotopic (exact) mass is 368 g/mol. The van der Waals surface area contributed by atoms with Crippen LogP contribution >= 0.6 is 11.3 Å². The molecule has 1 N–H and O–H groups in total. The van der Waals surface area contributed by atoms with Crippen LogP contribution in [0, 0.1) is 0 Å². The van der Waals surface area contributed by atoms with Crippen molar-refractivity contribution < 1.29 is 13.2 Å². The Bertz CT molecular complexity index is 728. The van der Waals surface area contributed by atoms with Crippen LogP contribution < -0.4 is 9.46 Å². The molecule has 1 heterocycles. The van der Waals surface area contributed by atoms with E-state index in [1.807, 2.05) is 60.8 Å². The molecule has 0 saturated carbocycles. The number of hydrogen-bond acceptors (Lipinski definition) is 5. The molecular formula is C17H24N2O3S2. The molecule has 0 fully saturated rings. The number of methoxy groups -OCH3 is 1. The van der Waals surface area contributed by atoms with E-state index >= 15 is 0 Å². The van der Waals surface area contributed by atoms with Gasteiger partial charge >= 0.3 is 0 Å². The molecular weight excluding hydrogens is 344 g/mol. The Balaban J connectivity index is 1.93. The third kappa shape index (κ3) is 5.59. The molecule has 1 unspecified atom stereocenters. The Labute approximate surface area is 148 Å². The van der Waals surface area contributed by atoms with E-state index in [0.29, 0.717) is 13.0 Å². The third-order valence-electron chi connectivity index (χ3n) is 3.79. The number of nitrogens with zero attached hydrogens (tertiary/aromatic N) is 1. The molecule has 0 aliphatic rings. The van der Waals surface area contributed by atoms with E-state index in [1.165, 1.54) is 0 Å². The summed E-state index contributed by atoms with van der Waals surface area (Å²) < 4.78 is 32.5. The number of nitrogens with one attached hydrogen (secondary N) is 1. The number of hydrogen-bond donors (Lipinski definition) is 1. The summed E-state index contributed by atoms with van der Waals surface area (Å²) in [6, 6.07) is 11.5. The third-order valence-corrected chi connectivity index (χ3v) is 6.11. The van der Waals surface area contributed by atoms with Gasteiger partial charge in [0.2, 0.25) is 10.0 Å². The first-order valence-corrected chi connectivity index (χ1v) is 10.2. The van der Waals surface area contributed by atoms with Crippen molar-refractivity contribution in [3.63, 3.8) is 0 Å². The van der Waals surface area contributed by atoms with Crippen molar-refractivity contribution >= 4 is 21.4 Å². The first kappa shape index (κ1) is 18.9. The zero-order valence-corrected chi connectivity index (χ0v) is 15.9. The zero-order chi connectivity index (χ0) is 17.6. The maximum atomic E-state index is 12.3. The average molecular weight is 369 g/mol. The Morgan fingerprint density at radius 1 is 1.25 bits per heavy atom. The van der Waals surface area contributed by atoms with Gasteiger partial charge in [-0.3, -0.25) is 0 Å². The molecule has 0 amide bonds. The lowest BCUT2D eigenvalue weighted by Crippen LogP contribution is -2.35. The normalized spacial score (nSPS) is 13.2. The Hall–Kier alpha value is -1.41. The minimum Gasteiger partial charge on any atom is -0.497 e. The highest BCUT2D eigenvalue weighted by Gasteiger charge is 2.19. The SMILES string of the molecule is COc1cccc(CCS(=O)(=O)NCC(c2cccs2)N(C)C)c1. The number of aryl methyl sites for hydroxylation is 1. The highest BCUT2D eigenvalue weighted by molar-refractivity contribution is 7.89. The molecule has 24 heavy (non-hydrogen) atoms. The molecule has 1 aromatic carbocycles. The summed E-state index contributed by atoms with van der Waals surface area (Å²) >= 11 is 1.63.